The molecular weight excluding hydrogens is 326 g/mol. The molecule has 0 unspecified atom stereocenters. The molecule has 4 heterocycles. The summed E-state index contributed by atoms with van der Waals surface area (Å²) < 4.78 is 0. The molecule has 0 bridgehead atoms. The number of aromatic nitrogens is 3. The Hall–Kier alpha value is -2.89. The Kier molecular flexibility index (Phi) is 3.45. The van der Waals surface area contributed by atoms with E-state index >= 15 is 0 Å². The molecule has 1 amide bonds. The Bertz CT molecular complexity index is 1010. The molecule has 2 N–H and O–H groups in total. The standard InChI is InChI=1S/C20H21N5O/c1-12-3-2-6-25(10-12)19-17-16(9-21-18(17)23-11-24-19)13-4-5-14-8-22-20(26)15(14)7-13/h4-5,7,9,11-12H,2-3,6,8,10H2,1H3,(H,22,26)(H,21,23,24)/t12-/m0/s1. The molecule has 1 aromatic carbocycles. The normalized spacial score (nSPS) is 19.7. The average Bonchev–Trinajstić information content (AvgIpc) is 3.25. The molecule has 5 rings (SSSR count). The molecule has 0 aliphatic carbocycles. The largest absolute Gasteiger partial charge is 0.356 e. The molecule has 2 aliphatic rings. The predicted octanol–water partition coefficient (Wildman–Crippen LogP) is 3.10. The average molecular weight is 347 g/mol. The molecule has 132 valence electrons. The number of H-pyrrole nitrogens is 1. The molecule has 0 spiro atoms. The van der Waals surface area contributed by atoms with Gasteiger partial charge in [0.15, 0.2) is 0 Å². The van der Waals surface area contributed by atoms with Crippen LogP contribution in [0.4, 0.5) is 5.82 Å². The highest BCUT2D eigenvalue weighted by atomic mass is 16.1. The van der Waals surface area contributed by atoms with Crippen molar-refractivity contribution in [1.29, 1.82) is 0 Å². The minimum Gasteiger partial charge on any atom is -0.356 e. The van der Waals surface area contributed by atoms with Crippen LogP contribution in [-0.4, -0.2) is 33.9 Å². The highest BCUT2D eigenvalue weighted by Crippen LogP contribution is 2.36. The summed E-state index contributed by atoms with van der Waals surface area (Å²) in [6.45, 7) is 4.95. The molecule has 6 nitrogen and oxygen atoms in total. The van der Waals surface area contributed by atoms with Crippen LogP contribution < -0.4 is 10.2 Å². The molecule has 0 saturated carbocycles. The van der Waals surface area contributed by atoms with E-state index in [1.807, 2.05) is 18.3 Å². The second-order valence-electron chi connectivity index (χ2n) is 7.37. The first-order valence-electron chi connectivity index (χ1n) is 9.19. The van der Waals surface area contributed by atoms with E-state index in [2.05, 4.69) is 38.2 Å². The van der Waals surface area contributed by atoms with Crippen molar-refractivity contribution in [2.24, 2.45) is 5.92 Å². The number of piperidine rings is 1. The fraction of sp³-hybridized carbons (Fsp3) is 0.350. The van der Waals surface area contributed by atoms with Crippen LogP contribution in [0.5, 0.6) is 0 Å². The summed E-state index contributed by atoms with van der Waals surface area (Å²) in [5.41, 5.74) is 4.74. The molecule has 2 aromatic heterocycles. The number of hydrogen-bond donors (Lipinski definition) is 2. The Morgan fingerprint density at radius 3 is 3.04 bits per heavy atom. The van der Waals surface area contributed by atoms with Crippen LogP contribution in [0.1, 0.15) is 35.7 Å². The highest BCUT2D eigenvalue weighted by molar-refractivity contribution is 6.04. The van der Waals surface area contributed by atoms with Gasteiger partial charge in [-0.25, -0.2) is 9.97 Å². The number of carbonyl (C=O) groups excluding carboxylic acids is 1. The number of rotatable bonds is 2. The Morgan fingerprint density at radius 1 is 1.23 bits per heavy atom. The molecule has 1 atom stereocenters. The zero-order valence-electron chi connectivity index (χ0n) is 14.7. The number of fused-ring (bicyclic) bond motifs is 2. The smallest absolute Gasteiger partial charge is 0.251 e. The van der Waals surface area contributed by atoms with Gasteiger partial charge >= 0.3 is 0 Å². The number of anilines is 1. The molecule has 6 heteroatoms. The van der Waals surface area contributed by atoms with Gasteiger partial charge in [0.05, 0.1) is 5.39 Å². The maximum Gasteiger partial charge on any atom is 0.251 e. The van der Waals surface area contributed by atoms with Crippen LogP contribution in [0.25, 0.3) is 22.2 Å². The third kappa shape index (κ3) is 2.36. The van der Waals surface area contributed by atoms with E-state index in [4.69, 9.17) is 0 Å². The topological polar surface area (TPSA) is 73.9 Å². The lowest BCUT2D eigenvalue weighted by atomic mass is 9.98. The zero-order chi connectivity index (χ0) is 17.7. The van der Waals surface area contributed by atoms with E-state index in [1.54, 1.807) is 6.33 Å². The van der Waals surface area contributed by atoms with Crippen molar-refractivity contribution in [2.45, 2.75) is 26.3 Å². The Balaban J connectivity index is 1.65. The first kappa shape index (κ1) is 15.4. The van der Waals surface area contributed by atoms with Crippen molar-refractivity contribution in [2.75, 3.05) is 18.0 Å². The lowest BCUT2D eigenvalue weighted by Gasteiger charge is -2.32. The lowest BCUT2D eigenvalue weighted by molar-refractivity contribution is 0.0966. The Labute approximate surface area is 151 Å². The van der Waals surface area contributed by atoms with Gasteiger partial charge in [0.25, 0.3) is 5.91 Å². The highest BCUT2D eigenvalue weighted by Gasteiger charge is 2.24. The van der Waals surface area contributed by atoms with E-state index in [-0.39, 0.29) is 5.91 Å². The summed E-state index contributed by atoms with van der Waals surface area (Å²) in [5, 5.41) is 3.92. The van der Waals surface area contributed by atoms with Gasteiger partial charge < -0.3 is 15.2 Å². The minimum atomic E-state index is 0.00280. The van der Waals surface area contributed by atoms with Crippen LogP contribution in [-0.2, 0) is 6.54 Å². The van der Waals surface area contributed by atoms with Crippen LogP contribution in [0.15, 0.2) is 30.7 Å². The number of benzene rings is 1. The first-order chi connectivity index (χ1) is 12.7. The second-order valence-corrected chi connectivity index (χ2v) is 7.37. The van der Waals surface area contributed by atoms with Crippen molar-refractivity contribution in [1.82, 2.24) is 20.3 Å². The minimum absolute atomic E-state index is 0.00280. The van der Waals surface area contributed by atoms with Crippen molar-refractivity contribution in [3.8, 4) is 11.1 Å². The van der Waals surface area contributed by atoms with E-state index in [0.717, 1.165) is 52.2 Å². The molecule has 3 aromatic rings. The third-order valence-corrected chi connectivity index (χ3v) is 5.51. The van der Waals surface area contributed by atoms with Crippen LogP contribution >= 0.6 is 0 Å². The summed E-state index contributed by atoms with van der Waals surface area (Å²) in [6, 6.07) is 6.10. The fourth-order valence-electron chi connectivity index (χ4n) is 4.18. The number of hydrogen-bond acceptors (Lipinski definition) is 4. The van der Waals surface area contributed by atoms with Gasteiger partial charge in [0, 0.05) is 37.0 Å². The summed E-state index contributed by atoms with van der Waals surface area (Å²) in [4.78, 5) is 26.7. The fourth-order valence-corrected chi connectivity index (χ4v) is 4.18. The molecule has 2 aliphatic heterocycles. The van der Waals surface area contributed by atoms with Crippen LogP contribution in [0, 0.1) is 5.92 Å². The second kappa shape index (κ2) is 5.83. The van der Waals surface area contributed by atoms with Gasteiger partial charge in [-0.1, -0.05) is 19.1 Å². The van der Waals surface area contributed by atoms with E-state index in [9.17, 15) is 4.79 Å². The van der Waals surface area contributed by atoms with Crippen molar-refractivity contribution >= 4 is 22.8 Å². The van der Waals surface area contributed by atoms with Gasteiger partial charge in [-0.15, -0.1) is 0 Å². The van der Waals surface area contributed by atoms with E-state index in [1.165, 1.54) is 12.8 Å². The summed E-state index contributed by atoms with van der Waals surface area (Å²) >= 11 is 0. The maximum atomic E-state index is 12.0. The molecule has 0 radical (unpaired) electrons. The van der Waals surface area contributed by atoms with Gasteiger partial charge in [0.2, 0.25) is 0 Å². The zero-order valence-corrected chi connectivity index (χ0v) is 14.7. The van der Waals surface area contributed by atoms with Crippen molar-refractivity contribution in [3.63, 3.8) is 0 Å². The predicted molar refractivity (Wildman–Crippen MR) is 101 cm³/mol. The number of nitrogens with zero attached hydrogens (tertiary/aromatic N) is 3. The van der Waals surface area contributed by atoms with Crippen LogP contribution in [0.2, 0.25) is 0 Å². The number of carbonyl (C=O) groups is 1. The summed E-state index contributed by atoms with van der Waals surface area (Å²) in [7, 11) is 0. The van der Waals surface area contributed by atoms with Crippen LogP contribution in [0.3, 0.4) is 0 Å². The van der Waals surface area contributed by atoms with E-state index in [0.29, 0.717) is 12.5 Å². The third-order valence-electron chi connectivity index (χ3n) is 5.51. The van der Waals surface area contributed by atoms with Gasteiger partial charge in [0.1, 0.15) is 17.8 Å². The quantitative estimate of drug-likeness (QED) is 0.747. The summed E-state index contributed by atoms with van der Waals surface area (Å²) in [5.74, 6) is 1.66. The number of aromatic amines is 1. The lowest BCUT2D eigenvalue weighted by Crippen LogP contribution is -2.35. The monoisotopic (exact) mass is 347 g/mol. The molecular formula is C20H21N5O. The van der Waals surface area contributed by atoms with Gasteiger partial charge in [-0.05, 0) is 36.0 Å². The molecule has 26 heavy (non-hydrogen) atoms. The SMILES string of the molecule is C[C@H]1CCCN(c2ncnc3[nH]cc(-c4ccc5c(c4)C(=O)NC5)c23)C1. The van der Waals surface area contributed by atoms with Crippen molar-refractivity contribution < 1.29 is 4.79 Å². The maximum absolute atomic E-state index is 12.0. The van der Waals surface area contributed by atoms with Crippen molar-refractivity contribution in [3.05, 3.63) is 41.9 Å². The molecule has 1 fully saturated rings. The Morgan fingerprint density at radius 2 is 2.15 bits per heavy atom. The number of nitrogens with one attached hydrogen (secondary N) is 2. The summed E-state index contributed by atoms with van der Waals surface area (Å²) in [6.07, 6.45) is 6.06. The van der Waals surface area contributed by atoms with Gasteiger partial charge in [-0.3, -0.25) is 4.79 Å². The first-order valence-corrected chi connectivity index (χ1v) is 9.19. The van der Waals surface area contributed by atoms with E-state index < -0.39 is 0 Å². The molecule has 1 saturated heterocycles. The number of amides is 1. The van der Waals surface area contributed by atoms with Gasteiger partial charge in [-0.2, -0.15) is 0 Å².